The molecule has 1 aliphatic heterocycles. The topological polar surface area (TPSA) is 46.5 Å². The van der Waals surface area contributed by atoms with Crippen LogP contribution in [0.5, 0.6) is 0 Å². The van der Waals surface area contributed by atoms with Crippen molar-refractivity contribution >= 4 is 11.4 Å². The third-order valence-electron chi connectivity index (χ3n) is 3.60. The summed E-state index contributed by atoms with van der Waals surface area (Å²) in [6.07, 6.45) is 8.08. The maximum absolute atomic E-state index is 12.3. The summed E-state index contributed by atoms with van der Waals surface area (Å²) >= 11 is -0.838. The van der Waals surface area contributed by atoms with Crippen molar-refractivity contribution in [1.82, 2.24) is 4.31 Å². The van der Waals surface area contributed by atoms with Crippen LogP contribution in [0, 0.1) is 0 Å². The second-order valence-electron chi connectivity index (χ2n) is 4.66. The lowest BCUT2D eigenvalue weighted by atomic mass is 10.0. The normalized spacial score (nSPS) is 32.0. The molecule has 0 radical (unpaired) electrons. The zero-order chi connectivity index (χ0) is 10.7. The Kier molecular flexibility index (Phi) is 4.31. The summed E-state index contributed by atoms with van der Waals surface area (Å²) in [4.78, 5) is 0. The van der Waals surface area contributed by atoms with Crippen LogP contribution in [0.15, 0.2) is 0 Å². The molecule has 2 aliphatic rings. The second kappa shape index (κ2) is 5.53. The SMILES string of the molecule is [O-][S+](C1CCCCC1)N1CCCC1CO. The third kappa shape index (κ3) is 2.67. The van der Waals surface area contributed by atoms with Crippen molar-refractivity contribution in [3.05, 3.63) is 0 Å². The van der Waals surface area contributed by atoms with Crippen LogP contribution >= 0.6 is 0 Å². The first-order chi connectivity index (χ1) is 7.33. The van der Waals surface area contributed by atoms with Crippen molar-refractivity contribution < 1.29 is 9.66 Å². The number of aliphatic hydroxyl groups is 1. The van der Waals surface area contributed by atoms with Gasteiger partial charge in [-0.1, -0.05) is 6.42 Å². The minimum absolute atomic E-state index is 0.160. The lowest BCUT2D eigenvalue weighted by Crippen LogP contribution is -2.43. The molecule has 0 amide bonds. The summed E-state index contributed by atoms with van der Waals surface area (Å²) < 4.78 is 14.3. The largest absolute Gasteiger partial charge is 0.598 e. The molecule has 1 aliphatic carbocycles. The van der Waals surface area contributed by atoms with E-state index in [0.717, 1.165) is 32.2 Å². The van der Waals surface area contributed by atoms with Crippen LogP contribution in [0.1, 0.15) is 44.9 Å². The van der Waals surface area contributed by atoms with Gasteiger partial charge in [0.25, 0.3) is 0 Å². The summed E-state index contributed by atoms with van der Waals surface area (Å²) in [6.45, 7) is 1.08. The molecule has 2 rings (SSSR count). The minimum atomic E-state index is -0.838. The van der Waals surface area contributed by atoms with Gasteiger partial charge in [-0.2, -0.15) is 0 Å². The molecule has 1 saturated carbocycles. The molecular weight excluding hydrogens is 210 g/mol. The summed E-state index contributed by atoms with van der Waals surface area (Å²) in [6, 6.07) is 0.160. The highest BCUT2D eigenvalue weighted by Gasteiger charge is 2.38. The molecule has 1 saturated heterocycles. The van der Waals surface area contributed by atoms with Crippen molar-refractivity contribution in [2.75, 3.05) is 13.2 Å². The average molecular weight is 231 g/mol. The van der Waals surface area contributed by atoms with E-state index >= 15 is 0 Å². The van der Waals surface area contributed by atoms with Crippen molar-refractivity contribution in [1.29, 1.82) is 0 Å². The Hall–Kier alpha value is 0.230. The van der Waals surface area contributed by atoms with Crippen LogP contribution in [0.4, 0.5) is 0 Å². The van der Waals surface area contributed by atoms with E-state index in [9.17, 15) is 9.66 Å². The molecule has 2 unspecified atom stereocenters. The molecule has 1 heterocycles. The molecule has 88 valence electrons. The van der Waals surface area contributed by atoms with Gasteiger partial charge in [-0.05, 0) is 38.5 Å². The number of aliphatic hydroxyl groups excluding tert-OH is 1. The zero-order valence-electron chi connectivity index (χ0n) is 9.23. The number of hydrogen-bond acceptors (Lipinski definition) is 3. The van der Waals surface area contributed by atoms with E-state index in [1.54, 1.807) is 0 Å². The van der Waals surface area contributed by atoms with Crippen LogP contribution in [-0.2, 0) is 11.4 Å². The fourth-order valence-electron chi connectivity index (χ4n) is 2.69. The maximum Gasteiger partial charge on any atom is 0.135 e. The summed E-state index contributed by atoms with van der Waals surface area (Å²) in [7, 11) is 0. The van der Waals surface area contributed by atoms with Gasteiger partial charge in [0, 0.05) is 17.9 Å². The van der Waals surface area contributed by atoms with E-state index in [0.29, 0.717) is 5.25 Å². The van der Waals surface area contributed by atoms with Gasteiger partial charge in [0.15, 0.2) is 0 Å². The van der Waals surface area contributed by atoms with Crippen molar-refractivity contribution in [3.63, 3.8) is 0 Å². The average Bonchev–Trinajstić information content (AvgIpc) is 2.77. The predicted octanol–water partition coefficient (Wildman–Crippen LogP) is 1.44. The molecule has 1 N–H and O–H groups in total. The molecule has 0 spiro atoms. The van der Waals surface area contributed by atoms with Gasteiger partial charge in [-0.3, -0.25) is 0 Å². The van der Waals surface area contributed by atoms with Crippen molar-refractivity contribution in [2.24, 2.45) is 0 Å². The van der Waals surface area contributed by atoms with E-state index in [-0.39, 0.29) is 12.6 Å². The first-order valence-electron chi connectivity index (χ1n) is 6.11. The maximum atomic E-state index is 12.3. The highest BCUT2D eigenvalue weighted by Crippen LogP contribution is 2.30. The lowest BCUT2D eigenvalue weighted by Gasteiger charge is -2.32. The number of rotatable bonds is 3. The molecule has 0 aromatic carbocycles. The fourth-order valence-corrected chi connectivity index (χ4v) is 4.58. The molecule has 2 atom stereocenters. The molecule has 3 nitrogen and oxygen atoms in total. The minimum Gasteiger partial charge on any atom is -0.598 e. The number of hydrogen-bond donors (Lipinski definition) is 1. The standard InChI is InChI=1S/C11H21NO2S/c13-9-10-5-4-8-12(10)15(14)11-6-2-1-3-7-11/h10-11,13H,1-9H2. The molecule has 4 heteroatoms. The molecule has 15 heavy (non-hydrogen) atoms. The Balaban J connectivity index is 1.90. The van der Waals surface area contributed by atoms with Crippen LogP contribution in [0.25, 0.3) is 0 Å². The Morgan fingerprint density at radius 2 is 1.87 bits per heavy atom. The predicted molar refractivity (Wildman–Crippen MR) is 61.8 cm³/mol. The van der Waals surface area contributed by atoms with Gasteiger partial charge in [0.2, 0.25) is 0 Å². The zero-order valence-corrected chi connectivity index (χ0v) is 10.0. The molecule has 0 bridgehead atoms. The second-order valence-corrected chi connectivity index (χ2v) is 6.34. The van der Waals surface area contributed by atoms with E-state index in [4.69, 9.17) is 0 Å². The lowest BCUT2D eigenvalue weighted by molar-refractivity contribution is 0.212. The Morgan fingerprint density at radius 1 is 1.13 bits per heavy atom. The summed E-state index contributed by atoms with van der Waals surface area (Å²) in [5, 5.41) is 9.57. The van der Waals surface area contributed by atoms with Crippen LogP contribution in [0.2, 0.25) is 0 Å². The van der Waals surface area contributed by atoms with E-state index < -0.39 is 11.4 Å². The molecular formula is C11H21NO2S. The van der Waals surface area contributed by atoms with Crippen LogP contribution < -0.4 is 0 Å². The molecule has 0 aromatic rings. The highest BCUT2D eigenvalue weighted by molar-refractivity contribution is 7.89. The highest BCUT2D eigenvalue weighted by atomic mass is 32.2. The van der Waals surface area contributed by atoms with Crippen molar-refractivity contribution in [2.45, 2.75) is 56.2 Å². The van der Waals surface area contributed by atoms with Crippen LogP contribution in [-0.4, -0.2) is 38.4 Å². The number of nitrogens with zero attached hydrogens (tertiary/aromatic N) is 1. The van der Waals surface area contributed by atoms with Gasteiger partial charge in [-0.25, -0.2) is 0 Å². The van der Waals surface area contributed by atoms with Crippen LogP contribution in [0.3, 0.4) is 0 Å². The third-order valence-corrected chi connectivity index (χ3v) is 5.59. The van der Waals surface area contributed by atoms with Gasteiger partial charge in [-0.15, -0.1) is 4.31 Å². The first kappa shape index (κ1) is 11.7. The van der Waals surface area contributed by atoms with Gasteiger partial charge in [0.05, 0.1) is 12.6 Å². The van der Waals surface area contributed by atoms with Gasteiger partial charge < -0.3 is 9.66 Å². The quantitative estimate of drug-likeness (QED) is 0.748. The van der Waals surface area contributed by atoms with E-state index in [2.05, 4.69) is 0 Å². The smallest absolute Gasteiger partial charge is 0.135 e. The monoisotopic (exact) mass is 231 g/mol. The Bertz CT molecular complexity index is 197. The van der Waals surface area contributed by atoms with E-state index in [1.165, 1.54) is 19.3 Å². The Morgan fingerprint density at radius 3 is 2.53 bits per heavy atom. The van der Waals surface area contributed by atoms with Gasteiger partial charge in [0.1, 0.15) is 5.25 Å². The van der Waals surface area contributed by atoms with E-state index in [1.807, 2.05) is 4.31 Å². The molecule has 0 aromatic heterocycles. The first-order valence-corrected chi connectivity index (χ1v) is 7.28. The van der Waals surface area contributed by atoms with Gasteiger partial charge >= 0.3 is 0 Å². The fraction of sp³-hybridized carbons (Fsp3) is 1.00. The summed E-state index contributed by atoms with van der Waals surface area (Å²) in [5.41, 5.74) is 0. The Labute approximate surface area is 95.2 Å². The molecule has 2 fully saturated rings. The van der Waals surface area contributed by atoms with Crippen molar-refractivity contribution in [3.8, 4) is 0 Å². The summed E-state index contributed by atoms with van der Waals surface area (Å²) in [5.74, 6) is 0.